The maximum Gasteiger partial charge on any atom is 0.335 e. The van der Waals surface area contributed by atoms with E-state index in [2.05, 4.69) is 59.9 Å². The Kier molecular flexibility index (Phi) is 11.5. The predicted molar refractivity (Wildman–Crippen MR) is 115 cm³/mol. The third-order valence-electron chi connectivity index (χ3n) is 3.01. The maximum atomic E-state index is 12.2. The molecule has 0 atom stereocenters. The molecule has 0 saturated heterocycles. The van der Waals surface area contributed by atoms with Crippen molar-refractivity contribution >= 4 is 55.4 Å². The van der Waals surface area contributed by atoms with Gasteiger partial charge in [-0.2, -0.15) is 0 Å². The van der Waals surface area contributed by atoms with Gasteiger partial charge in [0.1, 0.15) is 0 Å². The zero-order valence-electron chi connectivity index (χ0n) is 14.3. The number of hydrogen-bond acceptors (Lipinski definition) is 3. The number of rotatable bonds is 7. The fourth-order valence-electron chi connectivity index (χ4n) is 1.91. The molecular weight excluding hydrogens is 535 g/mol. The Labute approximate surface area is 175 Å². The van der Waals surface area contributed by atoms with Crippen LogP contribution in [0.4, 0.5) is 0 Å². The van der Waals surface area contributed by atoms with Crippen LogP contribution in [0.25, 0.3) is 0 Å². The van der Waals surface area contributed by atoms with E-state index in [1.165, 1.54) is 5.56 Å². The van der Waals surface area contributed by atoms with Crippen LogP contribution in [0, 0.1) is 0 Å². The molecule has 0 aromatic heterocycles. The van der Waals surface area contributed by atoms with E-state index in [1.807, 2.05) is 50.2 Å². The van der Waals surface area contributed by atoms with Gasteiger partial charge in [-0.15, -0.1) is 0 Å². The molecule has 0 fully saturated rings. The second-order valence-electron chi connectivity index (χ2n) is 4.99. The highest BCUT2D eigenvalue weighted by Gasteiger charge is 2.23. The summed E-state index contributed by atoms with van der Waals surface area (Å²) in [6.45, 7) is 4.42. The molecule has 7 heteroatoms. The summed E-state index contributed by atoms with van der Waals surface area (Å²) in [7, 11) is -2.97. The smallest absolute Gasteiger partial charge is 0.309 e. The van der Waals surface area contributed by atoms with Crippen molar-refractivity contribution in [1.29, 1.82) is 0 Å². The van der Waals surface area contributed by atoms with Crippen molar-refractivity contribution in [3.05, 3.63) is 68.6 Å². The third kappa shape index (κ3) is 9.50. The molecule has 2 aromatic rings. The molecule has 0 bridgehead atoms. The fourth-order valence-corrected chi connectivity index (χ4v) is 4.51. The lowest BCUT2D eigenvalue weighted by Gasteiger charge is -2.16. The quantitative estimate of drug-likeness (QED) is 0.261. The van der Waals surface area contributed by atoms with Crippen molar-refractivity contribution in [1.82, 2.24) is 0 Å². The van der Waals surface area contributed by atoms with Crippen LogP contribution >= 0.6 is 55.4 Å². The molecule has 0 N–H and O–H groups in total. The number of alkyl halides is 1. The van der Waals surface area contributed by atoms with Crippen LogP contribution < -0.4 is 0 Å². The zero-order chi connectivity index (χ0) is 18.7. The molecule has 2 rings (SSSR count). The molecular formula is C18H22Br3O3P. The van der Waals surface area contributed by atoms with Crippen LogP contribution in [-0.4, -0.2) is 13.2 Å². The lowest BCUT2D eigenvalue weighted by atomic mass is 10.2. The second kappa shape index (κ2) is 12.4. The van der Waals surface area contributed by atoms with Gasteiger partial charge in [0.15, 0.2) is 0 Å². The molecule has 0 spiro atoms. The monoisotopic (exact) mass is 554 g/mol. The van der Waals surface area contributed by atoms with Gasteiger partial charge in [0, 0.05) is 14.3 Å². The minimum Gasteiger partial charge on any atom is -0.309 e. The summed E-state index contributed by atoms with van der Waals surface area (Å²) in [5.74, 6) is 0. The molecule has 0 aliphatic carbocycles. The van der Waals surface area contributed by atoms with Crippen LogP contribution in [0.1, 0.15) is 25.0 Å². The van der Waals surface area contributed by atoms with Crippen molar-refractivity contribution in [3.63, 3.8) is 0 Å². The van der Waals surface area contributed by atoms with Gasteiger partial charge in [-0.1, -0.05) is 72.1 Å². The van der Waals surface area contributed by atoms with Crippen molar-refractivity contribution in [2.24, 2.45) is 0 Å². The van der Waals surface area contributed by atoms with E-state index in [4.69, 9.17) is 9.05 Å². The lowest BCUT2D eigenvalue weighted by Crippen LogP contribution is -1.98. The van der Waals surface area contributed by atoms with Crippen LogP contribution in [0.3, 0.4) is 0 Å². The van der Waals surface area contributed by atoms with Gasteiger partial charge in [0.2, 0.25) is 0 Å². The lowest BCUT2D eigenvalue weighted by molar-refractivity contribution is 0.219. The molecule has 3 nitrogen and oxygen atoms in total. The standard InChI is InChI=1S/C11H16BrO3P.C7H6Br2/c1-3-14-16(13,15-4-2)9-10-5-7-11(12)8-6-10;8-5-6-1-3-7(9)4-2-6/h5-8H,3-4,9H2,1-2H3;1-4H,5H2. The fraction of sp³-hybridized carbons (Fsp3) is 0.333. The molecule has 0 aliphatic heterocycles. The van der Waals surface area contributed by atoms with Crippen molar-refractivity contribution < 1.29 is 13.6 Å². The molecule has 2 aromatic carbocycles. The Balaban J connectivity index is 0.000000293. The van der Waals surface area contributed by atoms with Crippen molar-refractivity contribution in [2.75, 3.05) is 13.2 Å². The number of benzene rings is 2. The number of hydrogen-bond donors (Lipinski definition) is 0. The Bertz CT molecular complexity index is 650. The molecule has 0 radical (unpaired) electrons. The highest BCUT2D eigenvalue weighted by molar-refractivity contribution is 9.10. The first kappa shape index (κ1) is 23.1. The van der Waals surface area contributed by atoms with Gasteiger partial charge in [0.25, 0.3) is 0 Å². The Morgan fingerprint density at radius 3 is 1.56 bits per heavy atom. The normalized spacial score (nSPS) is 10.9. The highest BCUT2D eigenvalue weighted by atomic mass is 79.9. The molecule has 0 amide bonds. The van der Waals surface area contributed by atoms with Crippen LogP contribution in [0.15, 0.2) is 57.5 Å². The summed E-state index contributed by atoms with van der Waals surface area (Å²) >= 11 is 10.1. The van der Waals surface area contributed by atoms with Gasteiger partial charge >= 0.3 is 7.60 Å². The Hall–Kier alpha value is 0.0300. The van der Waals surface area contributed by atoms with E-state index in [-0.39, 0.29) is 0 Å². The van der Waals surface area contributed by atoms with Gasteiger partial charge < -0.3 is 9.05 Å². The summed E-state index contributed by atoms with van der Waals surface area (Å²) < 4.78 is 24.8. The molecule has 25 heavy (non-hydrogen) atoms. The summed E-state index contributed by atoms with van der Waals surface area (Å²) in [6, 6.07) is 15.9. The van der Waals surface area contributed by atoms with E-state index in [1.54, 1.807) is 0 Å². The SMILES string of the molecule is BrCc1ccc(Br)cc1.CCOP(=O)(Cc1ccc(Br)cc1)OCC. The van der Waals surface area contributed by atoms with E-state index < -0.39 is 7.60 Å². The maximum absolute atomic E-state index is 12.2. The molecule has 0 heterocycles. The molecule has 0 aliphatic rings. The number of halogens is 3. The molecule has 0 saturated carbocycles. The topological polar surface area (TPSA) is 35.5 Å². The summed E-state index contributed by atoms with van der Waals surface area (Å²) in [4.78, 5) is 0. The minimum atomic E-state index is -2.97. The molecule has 138 valence electrons. The van der Waals surface area contributed by atoms with E-state index in [0.29, 0.717) is 19.4 Å². The van der Waals surface area contributed by atoms with Gasteiger partial charge in [-0.25, -0.2) is 0 Å². The van der Waals surface area contributed by atoms with Gasteiger partial charge in [-0.3, -0.25) is 4.57 Å². The highest BCUT2D eigenvalue weighted by Crippen LogP contribution is 2.51. The first-order valence-corrected chi connectivity index (χ1v) is 12.3. The van der Waals surface area contributed by atoms with E-state index in [9.17, 15) is 4.57 Å². The van der Waals surface area contributed by atoms with Crippen LogP contribution in [-0.2, 0) is 25.1 Å². The largest absolute Gasteiger partial charge is 0.335 e. The van der Waals surface area contributed by atoms with Crippen molar-refractivity contribution in [2.45, 2.75) is 25.3 Å². The van der Waals surface area contributed by atoms with Gasteiger partial charge in [0.05, 0.1) is 19.4 Å². The Morgan fingerprint density at radius 1 is 0.800 bits per heavy atom. The first-order chi connectivity index (χ1) is 11.9. The first-order valence-electron chi connectivity index (χ1n) is 7.85. The second-order valence-corrected chi connectivity index (χ2v) is 9.44. The minimum absolute atomic E-state index is 0.321. The predicted octanol–water partition coefficient (Wildman–Crippen LogP) is 7.56. The Morgan fingerprint density at radius 2 is 1.20 bits per heavy atom. The van der Waals surface area contributed by atoms with Crippen molar-refractivity contribution in [3.8, 4) is 0 Å². The van der Waals surface area contributed by atoms with E-state index >= 15 is 0 Å². The van der Waals surface area contributed by atoms with E-state index in [0.717, 1.165) is 19.8 Å². The average Bonchev–Trinajstić information content (AvgIpc) is 2.59. The van der Waals surface area contributed by atoms with Crippen LogP contribution in [0.2, 0.25) is 0 Å². The molecule has 0 unspecified atom stereocenters. The average molecular weight is 557 g/mol. The zero-order valence-corrected chi connectivity index (χ0v) is 19.9. The third-order valence-corrected chi connectivity index (χ3v) is 6.77. The summed E-state index contributed by atoms with van der Waals surface area (Å²) in [5.41, 5.74) is 2.26. The van der Waals surface area contributed by atoms with Crippen LogP contribution in [0.5, 0.6) is 0 Å². The summed E-state index contributed by atoms with van der Waals surface area (Å²) in [6.07, 6.45) is 0.321. The summed E-state index contributed by atoms with van der Waals surface area (Å²) in [5, 5.41) is 0.931. The van der Waals surface area contributed by atoms with Gasteiger partial charge in [-0.05, 0) is 49.2 Å².